The molecule has 0 aromatic heterocycles. The van der Waals surface area contributed by atoms with E-state index >= 15 is 0 Å². The van der Waals surface area contributed by atoms with Crippen LogP contribution >= 0.6 is 24.8 Å². The van der Waals surface area contributed by atoms with E-state index in [9.17, 15) is 0 Å². The maximum Gasteiger partial charge on any atom is 0.0594 e. The predicted molar refractivity (Wildman–Crippen MR) is 72.0 cm³/mol. The molecule has 2 aliphatic heterocycles. The number of rotatable bonds is 3. The van der Waals surface area contributed by atoms with Gasteiger partial charge in [0.15, 0.2) is 0 Å². The molecule has 1 atom stereocenters. The first kappa shape index (κ1) is 16.5. The summed E-state index contributed by atoms with van der Waals surface area (Å²) < 4.78 is 5.34. The number of halogens is 2. The summed E-state index contributed by atoms with van der Waals surface area (Å²) in [5, 5.41) is 3.48. The zero-order valence-electron chi connectivity index (χ0n) is 9.82. The number of piperidine rings is 1. The fourth-order valence-corrected chi connectivity index (χ4v) is 2.36. The van der Waals surface area contributed by atoms with E-state index in [0.717, 1.165) is 32.2 Å². The van der Waals surface area contributed by atoms with Gasteiger partial charge in [0.1, 0.15) is 0 Å². The molecule has 0 aliphatic carbocycles. The summed E-state index contributed by atoms with van der Waals surface area (Å²) in [6.07, 6.45) is 4.16. The smallest absolute Gasteiger partial charge is 0.0594 e. The van der Waals surface area contributed by atoms with Gasteiger partial charge in [0.25, 0.3) is 0 Å². The third kappa shape index (κ3) is 5.69. The molecule has 0 aromatic carbocycles. The average molecular weight is 271 g/mol. The van der Waals surface area contributed by atoms with Crippen LogP contribution in [0.15, 0.2) is 0 Å². The predicted octanol–water partition coefficient (Wildman–Crippen LogP) is 1.55. The molecule has 1 unspecified atom stereocenters. The Morgan fingerprint density at radius 2 is 1.94 bits per heavy atom. The highest BCUT2D eigenvalue weighted by atomic mass is 35.5. The van der Waals surface area contributed by atoms with E-state index in [0.29, 0.717) is 0 Å². The third-order valence-electron chi connectivity index (χ3n) is 3.36. The molecule has 16 heavy (non-hydrogen) atoms. The molecule has 2 heterocycles. The number of hydrogen-bond acceptors (Lipinski definition) is 3. The highest BCUT2D eigenvalue weighted by molar-refractivity contribution is 5.85. The molecule has 2 rings (SSSR count). The van der Waals surface area contributed by atoms with Crippen molar-refractivity contribution in [2.45, 2.75) is 19.3 Å². The van der Waals surface area contributed by atoms with Gasteiger partial charge in [-0.3, -0.25) is 4.90 Å². The van der Waals surface area contributed by atoms with Gasteiger partial charge in [-0.15, -0.1) is 24.8 Å². The highest BCUT2D eigenvalue weighted by Crippen LogP contribution is 2.14. The lowest BCUT2D eigenvalue weighted by Crippen LogP contribution is -2.39. The SMILES string of the molecule is C1CNCC(CCN2CCOCC2)C1.Cl.Cl. The number of ether oxygens (including phenoxy) is 1. The minimum absolute atomic E-state index is 0. The van der Waals surface area contributed by atoms with Gasteiger partial charge in [0.2, 0.25) is 0 Å². The fourth-order valence-electron chi connectivity index (χ4n) is 2.36. The summed E-state index contributed by atoms with van der Waals surface area (Å²) in [5.41, 5.74) is 0. The normalized spacial score (nSPS) is 26.6. The number of morpholine rings is 1. The quantitative estimate of drug-likeness (QED) is 0.843. The van der Waals surface area contributed by atoms with E-state index in [4.69, 9.17) is 4.74 Å². The zero-order valence-corrected chi connectivity index (χ0v) is 11.5. The summed E-state index contributed by atoms with van der Waals surface area (Å²) >= 11 is 0. The van der Waals surface area contributed by atoms with Crippen molar-refractivity contribution < 1.29 is 4.74 Å². The molecular formula is C11H24Cl2N2O. The Hall–Kier alpha value is 0.460. The van der Waals surface area contributed by atoms with E-state index in [1.807, 2.05) is 0 Å². The van der Waals surface area contributed by atoms with Gasteiger partial charge < -0.3 is 10.1 Å². The molecule has 0 saturated carbocycles. The second-order valence-electron chi connectivity index (χ2n) is 4.46. The van der Waals surface area contributed by atoms with Gasteiger partial charge in [0.05, 0.1) is 13.2 Å². The third-order valence-corrected chi connectivity index (χ3v) is 3.36. The largest absolute Gasteiger partial charge is 0.379 e. The van der Waals surface area contributed by atoms with Gasteiger partial charge in [0, 0.05) is 13.1 Å². The summed E-state index contributed by atoms with van der Waals surface area (Å²) in [7, 11) is 0. The van der Waals surface area contributed by atoms with Crippen LogP contribution in [-0.4, -0.2) is 50.8 Å². The Morgan fingerprint density at radius 3 is 2.56 bits per heavy atom. The van der Waals surface area contributed by atoms with Crippen LogP contribution in [0.1, 0.15) is 19.3 Å². The second-order valence-corrected chi connectivity index (χ2v) is 4.46. The highest BCUT2D eigenvalue weighted by Gasteiger charge is 2.15. The minimum Gasteiger partial charge on any atom is -0.379 e. The first-order chi connectivity index (χ1) is 6.95. The lowest BCUT2D eigenvalue weighted by molar-refractivity contribution is 0.0349. The zero-order chi connectivity index (χ0) is 9.64. The second kappa shape index (κ2) is 9.49. The van der Waals surface area contributed by atoms with E-state index in [-0.39, 0.29) is 24.8 Å². The van der Waals surface area contributed by atoms with Gasteiger partial charge in [-0.05, 0) is 44.8 Å². The summed E-state index contributed by atoms with van der Waals surface area (Å²) in [6, 6.07) is 0. The van der Waals surface area contributed by atoms with Gasteiger partial charge in [-0.1, -0.05) is 0 Å². The van der Waals surface area contributed by atoms with Crippen LogP contribution in [0, 0.1) is 5.92 Å². The van der Waals surface area contributed by atoms with Gasteiger partial charge in [-0.2, -0.15) is 0 Å². The van der Waals surface area contributed by atoms with Crippen LogP contribution in [0.5, 0.6) is 0 Å². The number of hydrogen-bond donors (Lipinski definition) is 1. The number of nitrogens with one attached hydrogen (secondary N) is 1. The average Bonchev–Trinajstić information content (AvgIpc) is 2.29. The molecule has 0 spiro atoms. The molecular weight excluding hydrogens is 247 g/mol. The van der Waals surface area contributed by atoms with E-state index in [1.165, 1.54) is 38.9 Å². The summed E-state index contributed by atoms with van der Waals surface area (Å²) in [4.78, 5) is 2.54. The molecule has 2 saturated heterocycles. The van der Waals surface area contributed by atoms with Crippen molar-refractivity contribution in [1.29, 1.82) is 0 Å². The van der Waals surface area contributed by atoms with Crippen molar-refractivity contribution in [3.05, 3.63) is 0 Å². The Labute approximate surface area is 111 Å². The van der Waals surface area contributed by atoms with Crippen molar-refractivity contribution in [3.8, 4) is 0 Å². The van der Waals surface area contributed by atoms with Crippen LogP contribution in [0.25, 0.3) is 0 Å². The monoisotopic (exact) mass is 270 g/mol. The van der Waals surface area contributed by atoms with Crippen LogP contribution in [0.4, 0.5) is 0 Å². The first-order valence-corrected chi connectivity index (χ1v) is 5.96. The Bertz CT molecular complexity index is 142. The van der Waals surface area contributed by atoms with Crippen molar-refractivity contribution in [2.24, 2.45) is 5.92 Å². The topological polar surface area (TPSA) is 24.5 Å². The fraction of sp³-hybridized carbons (Fsp3) is 1.00. The van der Waals surface area contributed by atoms with Crippen molar-refractivity contribution >= 4 is 24.8 Å². The van der Waals surface area contributed by atoms with Crippen LogP contribution < -0.4 is 5.32 Å². The van der Waals surface area contributed by atoms with Crippen molar-refractivity contribution in [1.82, 2.24) is 10.2 Å². The maximum absolute atomic E-state index is 5.34. The summed E-state index contributed by atoms with van der Waals surface area (Å²) in [6.45, 7) is 7.89. The number of nitrogens with zero attached hydrogens (tertiary/aromatic N) is 1. The van der Waals surface area contributed by atoms with Crippen LogP contribution in [-0.2, 0) is 4.74 Å². The van der Waals surface area contributed by atoms with Crippen molar-refractivity contribution in [2.75, 3.05) is 45.9 Å². The molecule has 2 aliphatic rings. The lowest BCUT2D eigenvalue weighted by atomic mass is 9.96. The molecule has 0 bridgehead atoms. The van der Waals surface area contributed by atoms with E-state index < -0.39 is 0 Å². The van der Waals surface area contributed by atoms with Gasteiger partial charge in [-0.25, -0.2) is 0 Å². The molecule has 0 amide bonds. The standard InChI is InChI=1S/C11H22N2O.2ClH/c1-2-11(10-12-4-1)3-5-13-6-8-14-9-7-13;;/h11-12H,1-10H2;2*1H. The molecule has 2 fully saturated rings. The lowest BCUT2D eigenvalue weighted by Gasteiger charge is -2.29. The maximum atomic E-state index is 5.34. The summed E-state index contributed by atoms with van der Waals surface area (Å²) in [5.74, 6) is 0.923. The molecule has 5 heteroatoms. The Kier molecular flexibility index (Phi) is 9.76. The Morgan fingerprint density at radius 1 is 1.19 bits per heavy atom. The van der Waals surface area contributed by atoms with Crippen molar-refractivity contribution in [3.63, 3.8) is 0 Å². The molecule has 1 N–H and O–H groups in total. The van der Waals surface area contributed by atoms with Crippen LogP contribution in [0.2, 0.25) is 0 Å². The molecule has 0 aromatic rings. The molecule has 0 radical (unpaired) electrons. The molecule has 98 valence electrons. The molecule has 3 nitrogen and oxygen atoms in total. The van der Waals surface area contributed by atoms with E-state index in [1.54, 1.807) is 0 Å². The minimum atomic E-state index is 0. The first-order valence-electron chi connectivity index (χ1n) is 5.96. The van der Waals surface area contributed by atoms with E-state index in [2.05, 4.69) is 10.2 Å². The Balaban J connectivity index is 0.00000112. The van der Waals surface area contributed by atoms with Gasteiger partial charge >= 0.3 is 0 Å². The van der Waals surface area contributed by atoms with Crippen LogP contribution in [0.3, 0.4) is 0 Å².